The van der Waals surface area contributed by atoms with E-state index in [2.05, 4.69) is 6.58 Å². The summed E-state index contributed by atoms with van der Waals surface area (Å²) < 4.78 is 0. The van der Waals surface area contributed by atoms with Gasteiger partial charge in [0.1, 0.15) is 0 Å². The summed E-state index contributed by atoms with van der Waals surface area (Å²) >= 11 is 4.76. The van der Waals surface area contributed by atoms with Gasteiger partial charge in [-0.2, -0.15) is 0 Å². The first-order valence-electron chi connectivity index (χ1n) is 0.626. The Morgan fingerprint density at radius 3 is 1.75 bits per heavy atom. The van der Waals surface area contributed by atoms with Gasteiger partial charge in [-0.15, -0.1) is 0 Å². The molecule has 0 amide bonds. The molecule has 0 nitrogen and oxygen atoms in total. The van der Waals surface area contributed by atoms with E-state index in [4.69, 9.17) is 11.6 Å². The molecule has 0 aromatic heterocycles. The van der Waals surface area contributed by atoms with Crippen LogP contribution in [0.15, 0.2) is 12.1 Å². The third-order valence-electron chi connectivity index (χ3n) is 0. The maximum Gasteiger partial charge on any atom is 0 e. The van der Waals surface area contributed by atoms with Crippen LogP contribution in [0.3, 0.4) is 0 Å². The second kappa shape index (κ2) is 8.85. The van der Waals surface area contributed by atoms with E-state index in [1.54, 1.807) is 0 Å². The van der Waals surface area contributed by atoms with Gasteiger partial charge in [-0.3, -0.25) is 0 Å². The van der Waals surface area contributed by atoms with Crippen molar-refractivity contribution in [3.8, 4) is 0 Å². The van der Waals surface area contributed by atoms with Crippen LogP contribution in [0.25, 0.3) is 0 Å². The van der Waals surface area contributed by atoms with E-state index in [9.17, 15) is 0 Å². The van der Waals surface area contributed by atoms with Gasteiger partial charge in [-0.25, -0.2) is 0 Å². The predicted molar refractivity (Wildman–Crippen MR) is 21.8 cm³/mol. The van der Waals surface area contributed by atoms with E-state index in [0.29, 0.717) is 0 Å². The molecule has 0 rings (SSSR count). The molecule has 0 heterocycles. The van der Waals surface area contributed by atoms with Crippen molar-refractivity contribution in [1.29, 1.82) is 0 Å². The van der Waals surface area contributed by atoms with Crippen molar-refractivity contribution in [3.63, 3.8) is 0 Å². The zero-order valence-electron chi connectivity index (χ0n) is 2.37. The van der Waals surface area contributed by atoms with Crippen molar-refractivity contribution in [1.82, 2.24) is 0 Å². The molecule has 0 fully saturated rings. The molecule has 4 heavy (non-hydrogen) atoms. The minimum Gasteiger partial charge on any atom is -0.0936 e. The van der Waals surface area contributed by atoms with Gasteiger partial charge in [0.25, 0.3) is 0 Å². The van der Waals surface area contributed by atoms with Crippen LogP contribution in [0.4, 0.5) is 0 Å². The molecular formula is C2H3CaCl. The van der Waals surface area contributed by atoms with Crippen LogP contribution in [0.5, 0.6) is 0 Å². The molecule has 0 unspecified atom stereocenters. The van der Waals surface area contributed by atoms with Crippen molar-refractivity contribution in [2.75, 3.05) is 0 Å². The third kappa shape index (κ3) is 10.4. The average Bonchev–Trinajstić information content (AvgIpc) is 0.918. The molecule has 0 aliphatic carbocycles. The molecule has 0 atom stereocenters. The molecule has 0 aromatic rings. The van der Waals surface area contributed by atoms with Gasteiger partial charge in [0, 0.05) is 37.7 Å². The molecular weight excluding hydrogens is 99.6 g/mol. The Labute approximate surface area is 60.8 Å². The van der Waals surface area contributed by atoms with Gasteiger partial charge in [0.05, 0.1) is 0 Å². The molecule has 0 aliphatic rings. The largest absolute Gasteiger partial charge is 0.0936 e. The summed E-state index contributed by atoms with van der Waals surface area (Å²) in [4.78, 5) is 0. The second-order valence-electron chi connectivity index (χ2n) is 0.154. The first kappa shape index (κ1) is 8.99. The summed E-state index contributed by atoms with van der Waals surface area (Å²) in [7, 11) is 0. The first-order chi connectivity index (χ1) is 1.41. The minimum atomic E-state index is 0. The number of rotatable bonds is 0. The summed E-state index contributed by atoms with van der Waals surface area (Å²) in [5.74, 6) is 0. The SMILES string of the molecule is C=CCl.[Ca]. The summed E-state index contributed by atoms with van der Waals surface area (Å²) in [6.45, 7) is 3.13. The normalized spacial score (nSPS) is 3.25. The Balaban J connectivity index is 0. The molecule has 0 N–H and O–H groups in total. The van der Waals surface area contributed by atoms with Crippen LogP contribution in [-0.2, 0) is 0 Å². The molecule has 20 valence electrons. The van der Waals surface area contributed by atoms with E-state index in [1.165, 1.54) is 5.54 Å². The monoisotopic (exact) mass is 102 g/mol. The van der Waals surface area contributed by atoms with Crippen molar-refractivity contribution in [2.24, 2.45) is 0 Å². The molecule has 0 aliphatic heterocycles. The fraction of sp³-hybridized carbons (Fsp3) is 0. The van der Waals surface area contributed by atoms with Crippen LogP contribution in [0.2, 0.25) is 0 Å². The van der Waals surface area contributed by atoms with E-state index in [0.717, 1.165) is 0 Å². The third-order valence-corrected chi connectivity index (χ3v) is 0. The van der Waals surface area contributed by atoms with Gasteiger partial charge in [-0.05, 0) is 5.54 Å². The van der Waals surface area contributed by atoms with Crippen molar-refractivity contribution in [2.45, 2.75) is 0 Å². The van der Waals surface area contributed by atoms with Crippen LogP contribution >= 0.6 is 11.6 Å². The van der Waals surface area contributed by atoms with Crippen molar-refractivity contribution in [3.05, 3.63) is 12.1 Å². The van der Waals surface area contributed by atoms with E-state index in [1.807, 2.05) is 0 Å². The summed E-state index contributed by atoms with van der Waals surface area (Å²) in [5, 5.41) is 0. The van der Waals surface area contributed by atoms with Gasteiger partial charge in [0.2, 0.25) is 0 Å². The van der Waals surface area contributed by atoms with E-state index in [-0.39, 0.29) is 37.7 Å². The molecule has 0 spiro atoms. The summed E-state index contributed by atoms with van der Waals surface area (Å²) in [6.07, 6.45) is 0. The Morgan fingerprint density at radius 2 is 1.75 bits per heavy atom. The van der Waals surface area contributed by atoms with E-state index < -0.39 is 0 Å². The maximum absolute atomic E-state index is 4.76. The minimum absolute atomic E-state index is 0. The van der Waals surface area contributed by atoms with Crippen LogP contribution in [0, 0.1) is 0 Å². The van der Waals surface area contributed by atoms with Crippen molar-refractivity contribution < 1.29 is 0 Å². The molecule has 0 bridgehead atoms. The number of hydrogen-bond acceptors (Lipinski definition) is 0. The van der Waals surface area contributed by atoms with Gasteiger partial charge in [-0.1, -0.05) is 18.2 Å². The Kier molecular flexibility index (Phi) is 19.9. The van der Waals surface area contributed by atoms with E-state index >= 15 is 0 Å². The van der Waals surface area contributed by atoms with Crippen molar-refractivity contribution >= 4 is 49.3 Å². The standard InChI is InChI=1S/C2H3Cl.Ca/c1-2-3;/h2H,1H2;. The zero-order valence-corrected chi connectivity index (χ0v) is 5.33. The fourth-order valence-corrected chi connectivity index (χ4v) is 0. The van der Waals surface area contributed by atoms with Gasteiger partial charge in [0.15, 0.2) is 0 Å². The Bertz CT molecular complexity index is 13.5. The summed E-state index contributed by atoms with van der Waals surface area (Å²) in [5.41, 5.74) is 1.22. The fourth-order valence-electron chi connectivity index (χ4n) is 0. The van der Waals surface area contributed by atoms with Crippen LogP contribution < -0.4 is 0 Å². The Hall–Kier alpha value is 1.29. The molecule has 0 aromatic carbocycles. The van der Waals surface area contributed by atoms with Gasteiger partial charge < -0.3 is 0 Å². The molecule has 0 saturated carbocycles. The quantitative estimate of drug-likeness (QED) is 0.400. The molecule has 2 heteroatoms. The molecule has 0 saturated heterocycles. The molecule has 2 radical (unpaired) electrons. The average molecular weight is 103 g/mol. The maximum atomic E-state index is 4.76. The zero-order chi connectivity index (χ0) is 2.71. The van der Waals surface area contributed by atoms with Gasteiger partial charge >= 0.3 is 0 Å². The summed E-state index contributed by atoms with van der Waals surface area (Å²) in [6, 6.07) is 0. The van der Waals surface area contributed by atoms with Crippen LogP contribution in [-0.4, -0.2) is 37.7 Å². The number of halogens is 1. The second-order valence-corrected chi connectivity index (χ2v) is 0.463. The number of hydrogen-bond donors (Lipinski definition) is 0. The first-order valence-corrected chi connectivity index (χ1v) is 1.06. The Morgan fingerprint density at radius 1 is 1.75 bits per heavy atom. The van der Waals surface area contributed by atoms with Crippen LogP contribution in [0.1, 0.15) is 0 Å². The topological polar surface area (TPSA) is 0 Å². The smallest absolute Gasteiger partial charge is 0 e. The predicted octanol–water partition coefficient (Wildman–Crippen LogP) is 0.988.